The maximum Gasteiger partial charge on any atom is 0.164 e. The lowest BCUT2D eigenvalue weighted by Crippen LogP contribution is -1.97. The van der Waals surface area contributed by atoms with Gasteiger partial charge in [-0.3, -0.25) is 4.40 Å². The topological polar surface area (TPSA) is 46.0 Å². The smallest absolute Gasteiger partial charge is 0.164 e. The second-order valence-electron chi connectivity index (χ2n) is 5.56. The van der Waals surface area contributed by atoms with Gasteiger partial charge in [0.05, 0.1) is 11.2 Å². The Balaban J connectivity index is 2.10. The molecule has 0 saturated heterocycles. The van der Waals surface area contributed by atoms with Gasteiger partial charge in [-0.15, -0.1) is 0 Å². The highest BCUT2D eigenvalue weighted by molar-refractivity contribution is 6.09. The summed E-state index contributed by atoms with van der Waals surface area (Å²) in [5.74, 6) is 0. The molecule has 4 aromatic heterocycles. The molecule has 0 bridgehead atoms. The van der Waals surface area contributed by atoms with Gasteiger partial charge in [0.15, 0.2) is 5.65 Å². The van der Waals surface area contributed by atoms with E-state index in [4.69, 9.17) is 4.98 Å². The van der Waals surface area contributed by atoms with Gasteiger partial charge in [0.25, 0.3) is 0 Å². The Kier molecular flexibility index (Phi) is 2.17. The van der Waals surface area contributed by atoms with Crippen LogP contribution in [0.5, 0.6) is 0 Å². The third kappa shape index (κ3) is 1.36. The van der Waals surface area contributed by atoms with Crippen molar-refractivity contribution in [2.45, 2.75) is 13.3 Å². The number of aryl methyl sites for hydroxylation is 1. The Bertz CT molecular complexity index is 1160. The summed E-state index contributed by atoms with van der Waals surface area (Å²) in [4.78, 5) is 12.8. The van der Waals surface area contributed by atoms with Crippen LogP contribution in [0, 0.1) is 0 Å². The lowest BCUT2D eigenvalue weighted by atomic mass is 10.1. The molecule has 0 unspecified atom stereocenters. The number of nitrogens with zero attached hydrogens (tertiary/aromatic N) is 3. The van der Waals surface area contributed by atoms with Crippen LogP contribution in [0.15, 0.2) is 48.7 Å². The number of H-pyrrole nitrogens is 1. The number of hydrogen-bond acceptors (Lipinski definition) is 2. The predicted molar refractivity (Wildman–Crippen MR) is 89.2 cm³/mol. The molecule has 4 heteroatoms. The van der Waals surface area contributed by atoms with Crippen LogP contribution in [0.4, 0.5) is 0 Å². The van der Waals surface area contributed by atoms with E-state index in [2.05, 4.69) is 51.6 Å². The van der Waals surface area contributed by atoms with Crippen molar-refractivity contribution in [2.75, 3.05) is 0 Å². The summed E-state index contributed by atoms with van der Waals surface area (Å²) in [5.41, 5.74) is 6.40. The molecule has 5 rings (SSSR count). The number of benzene rings is 1. The van der Waals surface area contributed by atoms with Crippen LogP contribution in [0.1, 0.15) is 12.6 Å². The van der Waals surface area contributed by atoms with E-state index >= 15 is 0 Å². The number of aromatic amines is 1. The van der Waals surface area contributed by atoms with Crippen LogP contribution in [0.3, 0.4) is 0 Å². The van der Waals surface area contributed by atoms with Gasteiger partial charge in [-0.2, -0.15) is 0 Å². The number of imidazole rings is 1. The Labute approximate surface area is 126 Å². The van der Waals surface area contributed by atoms with Crippen LogP contribution < -0.4 is 0 Å². The van der Waals surface area contributed by atoms with E-state index in [1.807, 2.05) is 18.3 Å². The minimum absolute atomic E-state index is 0.919. The predicted octanol–water partition coefficient (Wildman–Crippen LogP) is 4.08. The molecule has 22 heavy (non-hydrogen) atoms. The summed E-state index contributed by atoms with van der Waals surface area (Å²) in [7, 11) is 0. The zero-order valence-electron chi connectivity index (χ0n) is 12.2. The summed E-state index contributed by atoms with van der Waals surface area (Å²) in [6, 6.07) is 14.5. The van der Waals surface area contributed by atoms with E-state index in [1.165, 1.54) is 22.0 Å². The number of fused-ring (bicyclic) bond motifs is 6. The van der Waals surface area contributed by atoms with Crippen LogP contribution in [0.2, 0.25) is 0 Å². The van der Waals surface area contributed by atoms with Gasteiger partial charge in [-0.25, -0.2) is 9.97 Å². The third-order valence-electron chi connectivity index (χ3n) is 4.36. The summed E-state index contributed by atoms with van der Waals surface area (Å²) < 4.78 is 2.17. The maximum atomic E-state index is 4.75. The van der Waals surface area contributed by atoms with Crippen molar-refractivity contribution in [3.8, 4) is 0 Å². The molecule has 4 heterocycles. The summed E-state index contributed by atoms with van der Waals surface area (Å²) >= 11 is 0. The molecule has 0 aliphatic carbocycles. The molecule has 0 radical (unpaired) electrons. The lowest BCUT2D eigenvalue weighted by molar-refractivity contribution is 1.00. The fraction of sp³-hybridized carbons (Fsp3) is 0.111. The summed E-state index contributed by atoms with van der Waals surface area (Å²) in [5, 5.41) is 2.48. The number of rotatable bonds is 1. The van der Waals surface area contributed by atoms with Gasteiger partial charge in [0.2, 0.25) is 0 Å². The van der Waals surface area contributed by atoms with Crippen molar-refractivity contribution in [1.82, 2.24) is 19.4 Å². The van der Waals surface area contributed by atoms with Gasteiger partial charge < -0.3 is 4.98 Å². The van der Waals surface area contributed by atoms with Crippen LogP contribution in [-0.4, -0.2) is 19.4 Å². The van der Waals surface area contributed by atoms with E-state index in [9.17, 15) is 0 Å². The normalized spacial score (nSPS) is 12.0. The summed E-state index contributed by atoms with van der Waals surface area (Å²) in [6.07, 6.45) is 2.74. The minimum Gasteiger partial charge on any atom is -0.353 e. The van der Waals surface area contributed by atoms with Crippen molar-refractivity contribution in [2.24, 2.45) is 0 Å². The average Bonchev–Trinajstić information content (AvgIpc) is 3.11. The van der Waals surface area contributed by atoms with Gasteiger partial charge >= 0.3 is 0 Å². The fourth-order valence-corrected chi connectivity index (χ4v) is 3.41. The first-order valence-electron chi connectivity index (χ1n) is 7.52. The molecular formula is C18H14N4. The summed E-state index contributed by atoms with van der Waals surface area (Å²) in [6.45, 7) is 2.18. The maximum absolute atomic E-state index is 4.75. The molecule has 4 nitrogen and oxygen atoms in total. The Morgan fingerprint density at radius 2 is 2.00 bits per heavy atom. The molecule has 5 aromatic rings. The average molecular weight is 286 g/mol. The Hall–Kier alpha value is -2.88. The van der Waals surface area contributed by atoms with E-state index in [1.54, 1.807) is 0 Å². The quantitative estimate of drug-likeness (QED) is 0.504. The minimum atomic E-state index is 0.919. The van der Waals surface area contributed by atoms with Crippen molar-refractivity contribution < 1.29 is 0 Å². The SMILES string of the molecule is CCc1c2[nH]c3ccccc3c2cc2nc3cccnc3n12. The van der Waals surface area contributed by atoms with E-state index < -0.39 is 0 Å². The molecule has 0 saturated carbocycles. The standard InChI is InChI=1S/C18H14N4/c1-2-15-17-12(11-6-3-4-7-13(11)21-17)10-16-20-14-8-5-9-19-18(14)22(15)16/h3-10,21H,2H2,1H3. The van der Waals surface area contributed by atoms with Crippen LogP contribution in [-0.2, 0) is 6.42 Å². The number of aromatic nitrogens is 4. The van der Waals surface area contributed by atoms with E-state index in [0.717, 1.165) is 28.7 Å². The molecular weight excluding hydrogens is 272 g/mol. The highest BCUT2D eigenvalue weighted by Gasteiger charge is 2.15. The molecule has 0 atom stereocenters. The third-order valence-corrected chi connectivity index (χ3v) is 4.36. The Morgan fingerprint density at radius 1 is 1.09 bits per heavy atom. The van der Waals surface area contributed by atoms with Gasteiger partial charge in [0, 0.05) is 22.5 Å². The largest absolute Gasteiger partial charge is 0.353 e. The van der Waals surface area contributed by atoms with Crippen molar-refractivity contribution in [3.05, 3.63) is 54.4 Å². The number of hydrogen-bond donors (Lipinski definition) is 1. The lowest BCUT2D eigenvalue weighted by Gasteiger charge is -2.05. The zero-order valence-corrected chi connectivity index (χ0v) is 12.2. The van der Waals surface area contributed by atoms with E-state index in [-0.39, 0.29) is 0 Å². The highest BCUT2D eigenvalue weighted by atomic mass is 15.1. The molecule has 106 valence electrons. The van der Waals surface area contributed by atoms with Crippen molar-refractivity contribution in [1.29, 1.82) is 0 Å². The highest BCUT2D eigenvalue weighted by Crippen LogP contribution is 2.31. The molecule has 0 aliphatic heterocycles. The zero-order chi connectivity index (χ0) is 14.7. The molecule has 1 N–H and O–H groups in total. The van der Waals surface area contributed by atoms with Crippen LogP contribution >= 0.6 is 0 Å². The first-order valence-corrected chi connectivity index (χ1v) is 7.52. The molecule has 0 fully saturated rings. The van der Waals surface area contributed by atoms with Gasteiger partial charge in [-0.05, 0) is 30.7 Å². The molecule has 0 amide bonds. The number of nitrogens with one attached hydrogen (secondary N) is 1. The number of pyridine rings is 2. The second-order valence-corrected chi connectivity index (χ2v) is 5.56. The molecule has 1 aromatic carbocycles. The number of para-hydroxylation sites is 1. The Morgan fingerprint density at radius 3 is 2.91 bits per heavy atom. The first kappa shape index (κ1) is 11.7. The molecule has 0 spiro atoms. The molecule has 0 aliphatic rings. The van der Waals surface area contributed by atoms with Crippen molar-refractivity contribution >= 4 is 38.6 Å². The van der Waals surface area contributed by atoms with Crippen LogP contribution in [0.25, 0.3) is 38.6 Å². The van der Waals surface area contributed by atoms with Gasteiger partial charge in [0.1, 0.15) is 11.2 Å². The van der Waals surface area contributed by atoms with Gasteiger partial charge in [-0.1, -0.05) is 25.1 Å². The second kappa shape index (κ2) is 4.07. The first-order chi connectivity index (χ1) is 10.9. The van der Waals surface area contributed by atoms with E-state index in [0.29, 0.717) is 0 Å². The van der Waals surface area contributed by atoms with Crippen molar-refractivity contribution in [3.63, 3.8) is 0 Å². The fourth-order valence-electron chi connectivity index (χ4n) is 3.41. The monoisotopic (exact) mass is 286 g/mol.